The van der Waals surface area contributed by atoms with Crippen molar-refractivity contribution in [1.29, 1.82) is 0 Å². The van der Waals surface area contributed by atoms with Gasteiger partial charge in [0.25, 0.3) is 0 Å². The molecule has 0 aromatic rings. The first-order chi connectivity index (χ1) is 9.60. The van der Waals surface area contributed by atoms with Gasteiger partial charge in [-0.25, -0.2) is 4.79 Å². The Kier molecular flexibility index (Phi) is 5.23. The molecular formula is C14H25N3O3. The molecule has 1 aliphatic heterocycles. The van der Waals surface area contributed by atoms with Crippen molar-refractivity contribution < 1.29 is 14.7 Å². The number of piperazine rings is 1. The number of aliphatic carboxylic acids is 1. The third-order valence-electron chi connectivity index (χ3n) is 4.19. The Hall–Kier alpha value is -1.30. The summed E-state index contributed by atoms with van der Waals surface area (Å²) >= 11 is 0. The highest BCUT2D eigenvalue weighted by atomic mass is 16.4. The Bertz CT molecular complexity index is 354. The molecule has 2 N–H and O–H groups in total. The summed E-state index contributed by atoms with van der Waals surface area (Å²) in [7, 11) is 0. The van der Waals surface area contributed by atoms with Crippen molar-refractivity contribution in [3.05, 3.63) is 0 Å². The number of amides is 2. The van der Waals surface area contributed by atoms with Crippen LogP contribution in [0.3, 0.4) is 0 Å². The largest absolute Gasteiger partial charge is 0.481 e. The Balaban J connectivity index is 1.63. The molecule has 0 aromatic carbocycles. The molecule has 1 heterocycles. The lowest BCUT2D eigenvalue weighted by molar-refractivity contribution is -0.137. The molecule has 2 rings (SSSR count). The van der Waals surface area contributed by atoms with Gasteiger partial charge in [-0.05, 0) is 18.8 Å². The first-order valence-corrected chi connectivity index (χ1v) is 7.59. The lowest BCUT2D eigenvalue weighted by atomic mass is 10.2. The Morgan fingerprint density at radius 2 is 1.95 bits per heavy atom. The maximum atomic E-state index is 12.1. The number of nitrogens with one attached hydrogen (secondary N) is 1. The van der Waals surface area contributed by atoms with E-state index in [0.29, 0.717) is 31.6 Å². The standard InChI is InChI=1S/C14H25N3O3/c1-2-3-11-10-12(11)15-14(20)17-8-6-16(7-9-17)5-4-13(18)19/h11-12H,2-10H2,1H3,(H,15,20)(H,18,19). The van der Waals surface area contributed by atoms with Crippen LogP contribution in [-0.4, -0.2) is 65.7 Å². The number of rotatable bonds is 6. The number of carboxylic acid groups (broad SMARTS) is 1. The van der Waals surface area contributed by atoms with Gasteiger partial charge in [0.1, 0.15) is 0 Å². The molecule has 2 unspecified atom stereocenters. The van der Waals surface area contributed by atoms with E-state index in [1.807, 2.05) is 4.90 Å². The van der Waals surface area contributed by atoms with E-state index in [2.05, 4.69) is 17.1 Å². The van der Waals surface area contributed by atoms with Crippen LogP contribution in [0.1, 0.15) is 32.6 Å². The predicted molar refractivity (Wildman–Crippen MR) is 75.6 cm³/mol. The van der Waals surface area contributed by atoms with Crippen LogP contribution in [0.5, 0.6) is 0 Å². The van der Waals surface area contributed by atoms with Crippen LogP contribution in [0.2, 0.25) is 0 Å². The average molecular weight is 283 g/mol. The van der Waals surface area contributed by atoms with Gasteiger partial charge < -0.3 is 15.3 Å². The number of carbonyl (C=O) groups excluding carboxylic acids is 1. The minimum absolute atomic E-state index is 0.0477. The summed E-state index contributed by atoms with van der Waals surface area (Å²) in [5.41, 5.74) is 0. The molecular weight excluding hydrogens is 258 g/mol. The van der Waals surface area contributed by atoms with Gasteiger partial charge in [-0.2, -0.15) is 0 Å². The highest BCUT2D eigenvalue weighted by Gasteiger charge is 2.38. The molecule has 114 valence electrons. The molecule has 0 radical (unpaired) electrons. The van der Waals surface area contributed by atoms with E-state index in [1.54, 1.807) is 0 Å². The molecule has 6 heteroatoms. The molecule has 6 nitrogen and oxygen atoms in total. The van der Waals surface area contributed by atoms with Crippen LogP contribution in [-0.2, 0) is 4.79 Å². The van der Waals surface area contributed by atoms with Crippen molar-refractivity contribution in [3.8, 4) is 0 Å². The average Bonchev–Trinajstić information content (AvgIpc) is 3.15. The van der Waals surface area contributed by atoms with Crippen molar-refractivity contribution in [2.75, 3.05) is 32.7 Å². The van der Waals surface area contributed by atoms with E-state index >= 15 is 0 Å². The SMILES string of the molecule is CCCC1CC1NC(=O)N1CCN(CCC(=O)O)CC1. The fourth-order valence-electron chi connectivity index (χ4n) is 2.79. The minimum atomic E-state index is -0.763. The predicted octanol–water partition coefficient (Wildman–Crippen LogP) is 0.977. The van der Waals surface area contributed by atoms with E-state index in [4.69, 9.17) is 5.11 Å². The monoisotopic (exact) mass is 283 g/mol. The van der Waals surface area contributed by atoms with Crippen LogP contribution >= 0.6 is 0 Å². The summed E-state index contributed by atoms with van der Waals surface area (Å²) in [4.78, 5) is 26.6. The number of nitrogens with zero attached hydrogens (tertiary/aromatic N) is 2. The van der Waals surface area contributed by atoms with Gasteiger partial charge in [-0.15, -0.1) is 0 Å². The molecule has 2 aliphatic rings. The number of hydrogen-bond donors (Lipinski definition) is 2. The highest BCUT2D eigenvalue weighted by Crippen LogP contribution is 2.34. The Labute approximate surface area is 120 Å². The molecule has 0 bridgehead atoms. The highest BCUT2D eigenvalue weighted by molar-refractivity contribution is 5.75. The second-order valence-corrected chi connectivity index (χ2v) is 5.81. The molecule has 2 atom stereocenters. The van der Waals surface area contributed by atoms with Crippen molar-refractivity contribution in [2.24, 2.45) is 5.92 Å². The summed E-state index contributed by atoms with van der Waals surface area (Å²) in [5.74, 6) is -0.0818. The fourth-order valence-corrected chi connectivity index (χ4v) is 2.79. The van der Waals surface area contributed by atoms with Crippen molar-refractivity contribution in [2.45, 2.75) is 38.6 Å². The second-order valence-electron chi connectivity index (χ2n) is 5.81. The number of hydrogen-bond acceptors (Lipinski definition) is 3. The van der Waals surface area contributed by atoms with Gasteiger partial charge in [0.05, 0.1) is 6.42 Å². The van der Waals surface area contributed by atoms with E-state index < -0.39 is 5.97 Å². The Morgan fingerprint density at radius 3 is 2.55 bits per heavy atom. The number of carboxylic acids is 1. The summed E-state index contributed by atoms with van der Waals surface area (Å²) in [6.45, 7) is 5.67. The third kappa shape index (κ3) is 4.37. The molecule has 1 aliphatic carbocycles. The second kappa shape index (κ2) is 6.92. The van der Waals surface area contributed by atoms with Crippen molar-refractivity contribution in [1.82, 2.24) is 15.1 Å². The number of urea groups is 1. The molecule has 1 saturated carbocycles. The van der Waals surface area contributed by atoms with E-state index in [0.717, 1.165) is 19.5 Å². The van der Waals surface area contributed by atoms with E-state index in [9.17, 15) is 9.59 Å². The third-order valence-corrected chi connectivity index (χ3v) is 4.19. The van der Waals surface area contributed by atoms with Gasteiger partial charge in [-0.1, -0.05) is 13.3 Å². The minimum Gasteiger partial charge on any atom is -0.481 e. The fraction of sp³-hybridized carbons (Fsp3) is 0.857. The smallest absolute Gasteiger partial charge is 0.317 e. The van der Waals surface area contributed by atoms with Crippen LogP contribution in [0.15, 0.2) is 0 Å². The van der Waals surface area contributed by atoms with Gasteiger partial charge in [0.15, 0.2) is 0 Å². The van der Waals surface area contributed by atoms with Crippen molar-refractivity contribution in [3.63, 3.8) is 0 Å². The Morgan fingerprint density at radius 1 is 1.25 bits per heavy atom. The molecule has 2 amide bonds. The first-order valence-electron chi connectivity index (χ1n) is 7.59. The quantitative estimate of drug-likeness (QED) is 0.762. The zero-order chi connectivity index (χ0) is 14.5. The van der Waals surface area contributed by atoms with E-state index in [1.165, 1.54) is 12.8 Å². The van der Waals surface area contributed by atoms with Gasteiger partial charge in [0, 0.05) is 38.8 Å². The normalized spacial score (nSPS) is 26.4. The molecule has 0 aromatic heterocycles. The molecule has 0 spiro atoms. The lowest BCUT2D eigenvalue weighted by Gasteiger charge is -2.34. The van der Waals surface area contributed by atoms with Crippen LogP contribution in [0, 0.1) is 5.92 Å². The topological polar surface area (TPSA) is 72.9 Å². The summed E-state index contributed by atoms with van der Waals surface area (Å²) in [6, 6.07) is 0.430. The van der Waals surface area contributed by atoms with Gasteiger partial charge >= 0.3 is 12.0 Å². The van der Waals surface area contributed by atoms with Crippen molar-refractivity contribution >= 4 is 12.0 Å². The van der Waals surface area contributed by atoms with Gasteiger partial charge in [0.2, 0.25) is 0 Å². The summed E-state index contributed by atoms with van der Waals surface area (Å²) in [5, 5.41) is 11.8. The first kappa shape index (κ1) is 15.1. The van der Waals surface area contributed by atoms with Crippen LogP contribution < -0.4 is 5.32 Å². The van der Waals surface area contributed by atoms with Crippen LogP contribution in [0.25, 0.3) is 0 Å². The lowest BCUT2D eigenvalue weighted by Crippen LogP contribution is -2.52. The van der Waals surface area contributed by atoms with Gasteiger partial charge in [-0.3, -0.25) is 9.69 Å². The summed E-state index contributed by atoms with van der Waals surface area (Å²) in [6.07, 6.45) is 3.68. The summed E-state index contributed by atoms with van der Waals surface area (Å²) < 4.78 is 0. The maximum absolute atomic E-state index is 12.1. The van der Waals surface area contributed by atoms with Crippen LogP contribution in [0.4, 0.5) is 4.79 Å². The molecule has 20 heavy (non-hydrogen) atoms. The number of carbonyl (C=O) groups is 2. The maximum Gasteiger partial charge on any atom is 0.317 e. The van der Waals surface area contributed by atoms with E-state index in [-0.39, 0.29) is 12.5 Å². The molecule has 2 fully saturated rings. The molecule has 1 saturated heterocycles. The zero-order valence-corrected chi connectivity index (χ0v) is 12.2. The zero-order valence-electron chi connectivity index (χ0n) is 12.2.